The molecule has 0 atom stereocenters. The van der Waals surface area contributed by atoms with Crippen LogP contribution in [0.2, 0.25) is 0 Å². The molecule has 0 aliphatic rings. The summed E-state index contributed by atoms with van der Waals surface area (Å²) in [5.41, 5.74) is 3.63. The van der Waals surface area contributed by atoms with Gasteiger partial charge in [-0.25, -0.2) is 9.97 Å². The van der Waals surface area contributed by atoms with Gasteiger partial charge >= 0.3 is 0 Å². The van der Waals surface area contributed by atoms with Gasteiger partial charge in [-0.1, -0.05) is 24.3 Å². The summed E-state index contributed by atoms with van der Waals surface area (Å²) in [5.74, 6) is 0.830. The van der Waals surface area contributed by atoms with E-state index in [1.165, 1.54) is 0 Å². The minimum Gasteiger partial charge on any atom is -0.455 e. The molecule has 0 radical (unpaired) electrons. The molecule has 0 saturated heterocycles. The smallest absolute Gasteiger partial charge is 0.146 e. The van der Waals surface area contributed by atoms with E-state index in [2.05, 4.69) is 32.7 Å². The second-order valence-electron chi connectivity index (χ2n) is 7.35. The van der Waals surface area contributed by atoms with Crippen molar-refractivity contribution in [3.8, 4) is 5.82 Å². The molecule has 0 aliphatic heterocycles. The first-order valence-electron chi connectivity index (χ1n) is 9.79. The standard InChI is InChI=1S/C25H14N4O/c1-2-8-19-16(6-1)22-23-21(15-10-13-26-14-18(15)24(22)30-19)17-7-5-12-28-25(17)29(23)20-9-3-4-11-27-20/h1-14H. The number of furan rings is 1. The third-order valence-corrected chi connectivity index (χ3v) is 5.77. The zero-order chi connectivity index (χ0) is 19.7. The zero-order valence-corrected chi connectivity index (χ0v) is 15.8. The molecule has 0 unspecified atom stereocenters. The lowest BCUT2D eigenvalue weighted by atomic mass is 10.0. The Kier molecular flexibility index (Phi) is 2.94. The first kappa shape index (κ1) is 15.6. The van der Waals surface area contributed by atoms with Crippen LogP contribution in [0.25, 0.3) is 60.5 Å². The van der Waals surface area contributed by atoms with Crippen molar-refractivity contribution in [3.63, 3.8) is 0 Å². The fourth-order valence-corrected chi connectivity index (χ4v) is 4.60. The number of rotatable bonds is 1. The van der Waals surface area contributed by atoms with Gasteiger partial charge in [0.1, 0.15) is 22.6 Å². The lowest BCUT2D eigenvalue weighted by molar-refractivity contribution is 0.672. The molecule has 0 bridgehead atoms. The van der Waals surface area contributed by atoms with E-state index in [1.807, 2.05) is 67.3 Å². The van der Waals surface area contributed by atoms with Gasteiger partial charge in [0.2, 0.25) is 0 Å². The number of para-hydroxylation sites is 1. The van der Waals surface area contributed by atoms with Crippen LogP contribution in [0.1, 0.15) is 0 Å². The van der Waals surface area contributed by atoms with Crippen molar-refractivity contribution < 1.29 is 4.42 Å². The molecule has 140 valence electrons. The number of nitrogens with zero attached hydrogens (tertiary/aromatic N) is 4. The molecule has 5 aromatic heterocycles. The van der Waals surface area contributed by atoms with Crippen LogP contribution in [0.15, 0.2) is 89.9 Å². The fourth-order valence-electron chi connectivity index (χ4n) is 4.60. The second-order valence-corrected chi connectivity index (χ2v) is 7.35. The Bertz CT molecular complexity index is 1750. The van der Waals surface area contributed by atoms with Crippen molar-refractivity contribution in [2.45, 2.75) is 0 Å². The van der Waals surface area contributed by atoms with E-state index in [4.69, 9.17) is 9.40 Å². The largest absolute Gasteiger partial charge is 0.455 e. The van der Waals surface area contributed by atoms with Crippen LogP contribution in [-0.2, 0) is 0 Å². The number of aromatic nitrogens is 4. The summed E-state index contributed by atoms with van der Waals surface area (Å²) in [4.78, 5) is 13.8. The van der Waals surface area contributed by atoms with Gasteiger partial charge in [0.15, 0.2) is 0 Å². The third-order valence-electron chi connectivity index (χ3n) is 5.77. The summed E-state index contributed by atoms with van der Waals surface area (Å²) in [6, 6.07) is 20.3. The van der Waals surface area contributed by atoms with Crippen molar-refractivity contribution in [1.29, 1.82) is 0 Å². The van der Waals surface area contributed by atoms with Gasteiger partial charge in [-0.05, 0) is 41.8 Å². The van der Waals surface area contributed by atoms with Crippen LogP contribution in [0.5, 0.6) is 0 Å². The Hall–Kier alpha value is -4.25. The highest BCUT2D eigenvalue weighted by molar-refractivity contribution is 6.34. The van der Waals surface area contributed by atoms with Gasteiger partial charge in [0.05, 0.1) is 10.9 Å². The van der Waals surface area contributed by atoms with Crippen LogP contribution in [0.4, 0.5) is 0 Å². The van der Waals surface area contributed by atoms with Crippen LogP contribution < -0.4 is 0 Å². The van der Waals surface area contributed by atoms with Gasteiger partial charge in [0.25, 0.3) is 0 Å². The summed E-state index contributed by atoms with van der Waals surface area (Å²) in [7, 11) is 0. The number of hydrogen-bond donors (Lipinski definition) is 0. The quantitative estimate of drug-likeness (QED) is 0.346. The average Bonchev–Trinajstić information content (AvgIpc) is 3.36. The number of fused-ring (bicyclic) bond motifs is 10. The fraction of sp³-hybridized carbons (Fsp3) is 0. The lowest BCUT2D eigenvalue weighted by Crippen LogP contribution is -1.98. The minimum atomic E-state index is 0.830. The Morgan fingerprint density at radius 3 is 2.47 bits per heavy atom. The Morgan fingerprint density at radius 1 is 0.667 bits per heavy atom. The summed E-state index contributed by atoms with van der Waals surface area (Å²) in [6.07, 6.45) is 7.36. The van der Waals surface area contributed by atoms with E-state index in [-0.39, 0.29) is 0 Å². The predicted molar refractivity (Wildman–Crippen MR) is 119 cm³/mol. The summed E-state index contributed by atoms with van der Waals surface area (Å²) in [6.45, 7) is 0. The molecule has 0 amide bonds. The molecule has 7 rings (SSSR count). The van der Waals surface area contributed by atoms with Crippen LogP contribution in [0, 0.1) is 0 Å². The van der Waals surface area contributed by atoms with E-state index < -0.39 is 0 Å². The molecule has 7 aromatic rings. The monoisotopic (exact) mass is 386 g/mol. The predicted octanol–water partition coefficient (Wildman–Crippen LogP) is 6.02. The molecule has 0 N–H and O–H groups in total. The molecule has 5 heteroatoms. The van der Waals surface area contributed by atoms with Crippen molar-refractivity contribution in [2.75, 3.05) is 0 Å². The molecule has 0 fully saturated rings. The van der Waals surface area contributed by atoms with Gasteiger partial charge in [0, 0.05) is 46.3 Å². The molecule has 30 heavy (non-hydrogen) atoms. The molecule has 2 aromatic carbocycles. The van der Waals surface area contributed by atoms with Crippen molar-refractivity contribution in [2.24, 2.45) is 0 Å². The van der Waals surface area contributed by atoms with E-state index in [0.717, 1.165) is 60.5 Å². The molecule has 0 saturated carbocycles. The molecule has 5 heterocycles. The highest BCUT2D eigenvalue weighted by Gasteiger charge is 2.23. The zero-order valence-electron chi connectivity index (χ0n) is 15.8. The Balaban J connectivity index is 1.91. The Labute approximate surface area is 170 Å². The average molecular weight is 386 g/mol. The van der Waals surface area contributed by atoms with Gasteiger partial charge in [-0.2, -0.15) is 0 Å². The van der Waals surface area contributed by atoms with E-state index in [1.54, 1.807) is 0 Å². The summed E-state index contributed by atoms with van der Waals surface area (Å²) >= 11 is 0. The van der Waals surface area contributed by atoms with Crippen molar-refractivity contribution >= 4 is 54.6 Å². The van der Waals surface area contributed by atoms with Crippen LogP contribution in [0.3, 0.4) is 0 Å². The highest BCUT2D eigenvalue weighted by Crippen LogP contribution is 2.44. The molecule has 0 aliphatic carbocycles. The number of pyridine rings is 3. The first-order valence-corrected chi connectivity index (χ1v) is 9.79. The van der Waals surface area contributed by atoms with Crippen LogP contribution in [-0.4, -0.2) is 19.5 Å². The second kappa shape index (κ2) is 5.64. The number of benzene rings is 2. The maximum atomic E-state index is 6.37. The van der Waals surface area contributed by atoms with Crippen molar-refractivity contribution in [3.05, 3.63) is 85.5 Å². The molecular weight excluding hydrogens is 372 g/mol. The van der Waals surface area contributed by atoms with Gasteiger partial charge < -0.3 is 4.42 Å². The van der Waals surface area contributed by atoms with E-state index in [0.29, 0.717) is 0 Å². The number of hydrogen-bond acceptors (Lipinski definition) is 4. The topological polar surface area (TPSA) is 56.7 Å². The van der Waals surface area contributed by atoms with Gasteiger partial charge in [-0.15, -0.1) is 0 Å². The Morgan fingerprint density at radius 2 is 1.53 bits per heavy atom. The molecular formula is C25H14N4O. The van der Waals surface area contributed by atoms with Gasteiger partial charge in [-0.3, -0.25) is 9.55 Å². The van der Waals surface area contributed by atoms with E-state index >= 15 is 0 Å². The van der Waals surface area contributed by atoms with Crippen LogP contribution >= 0.6 is 0 Å². The van der Waals surface area contributed by atoms with E-state index in [9.17, 15) is 0 Å². The SMILES string of the molecule is c1ccc(-n2c3ncccc3c3c4ccncc4c4oc5ccccc5c4c32)nc1. The normalized spacial score (nSPS) is 12.0. The summed E-state index contributed by atoms with van der Waals surface area (Å²) in [5, 5.41) is 6.45. The third kappa shape index (κ3) is 1.89. The minimum absolute atomic E-state index is 0.830. The maximum absolute atomic E-state index is 6.37. The lowest BCUT2D eigenvalue weighted by Gasteiger charge is -2.08. The maximum Gasteiger partial charge on any atom is 0.146 e. The highest BCUT2D eigenvalue weighted by atomic mass is 16.3. The molecule has 5 nitrogen and oxygen atoms in total. The first-order chi connectivity index (χ1) is 14.9. The van der Waals surface area contributed by atoms with Crippen molar-refractivity contribution in [1.82, 2.24) is 19.5 Å². The molecule has 0 spiro atoms. The summed E-state index contributed by atoms with van der Waals surface area (Å²) < 4.78 is 8.51.